The van der Waals surface area contributed by atoms with Gasteiger partial charge in [-0.3, -0.25) is 5.32 Å². The average Bonchev–Trinajstić information content (AvgIpc) is 2.92. The monoisotopic (exact) mass is 526 g/mol. The largest absolute Gasteiger partial charge is 0.446 e. The molecule has 0 saturated carbocycles. The molecule has 2 N–H and O–H groups in total. The third-order valence-corrected chi connectivity index (χ3v) is 6.22. The SMILES string of the molecule is CCCCO[C@@H]1O[C@H](COC(=O)Nc2cccc(C#N)c2)[C@@H](O)[C@H](OCCC)[C@H]1OCc1ccccc1C. The fourth-order valence-corrected chi connectivity index (χ4v) is 4.06. The molecule has 0 unspecified atom stereocenters. The molecule has 0 spiro atoms. The van der Waals surface area contributed by atoms with E-state index < -0.39 is 36.8 Å². The van der Waals surface area contributed by atoms with Crippen LogP contribution in [0.15, 0.2) is 48.5 Å². The van der Waals surface area contributed by atoms with E-state index in [4.69, 9.17) is 28.9 Å². The van der Waals surface area contributed by atoms with Crippen LogP contribution in [0, 0.1) is 18.3 Å². The number of carbonyl (C=O) groups excluding carboxylic acids is 1. The average molecular weight is 527 g/mol. The van der Waals surface area contributed by atoms with Gasteiger partial charge in [-0.25, -0.2) is 4.79 Å². The summed E-state index contributed by atoms with van der Waals surface area (Å²) < 4.78 is 29.8. The molecule has 0 radical (unpaired) electrons. The minimum Gasteiger partial charge on any atom is -0.446 e. The molecule has 206 valence electrons. The maximum absolute atomic E-state index is 12.4. The van der Waals surface area contributed by atoms with E-state index in [0.717, 1.165) is 30.4 Å². The van der Waals surface area contributed by atoms with Crippen LogP contribution in [0.5, 0.6) is 0 Å². The number of ether oxygens (including phenoxy) is 5. The number of carbonyl (C=O) groups is 1. The Morgan fingerprint density at radius 3 is 2.61 bits per heavy atom. The van der Waals surface area contributed by atoms with E-state index in [1.807, 2.05) is 44.2 Å². The molecule has 0 aliphatic carbocycles. The van der Waals surface area contributed by atoms with Crippen molar-refractivity contribution in [1.82, 2.24) is 0 Å². The standard InChI is InChI=1S/C29H38N2O7/c1-4-6-15-35-28-27(36-18-22-12-8-7-10-20(22)3)26(34-14-5-2)25(32)24(38-28)19-37-29(33)31-23-13-9-11-21(16-23)17-30/h7-13,16,24-28,32H,4-6,14-15,18-19H2,1-3H3,(H,31,33)/t24-,25-,26+,27-,28-/m1/s1. The Morgan fingerprint density at radius 2 is 1.87 bits per heavy atom. The number of amides is 1. The third-order valence-electron chi connectivity index (χ3n) is 6.22. The number of aliphatic hydroxyl groups excluding tert-OH is 1. The first-order valence-corrected chi connectivity index (χ1v) is 13.1. The number of anilines is 1. The lowest BCUT2D eigenvalue weighted by molar-refractivity contribution is -0.317. The maximum Gasteiger partial charge on any atom is 0.411 e. The molecule has 0 aromatic heterocycles. The van der Waals surface area contributed by atoms with Crippen molar-refractivity contribution in [3.63, 3.8) is 0 Å². The molecule has 2 aromatic carbocycles. The van der Waals surface area contributed by atoms with Gasteiger partial charge in [-0.15, -0.1) is 0 Å². The van der Waals surface area contributed by atoms with Gasteiger partial charge in [0.2, 0.25) is 0 Å². The van der Waals surface area contributed by atoms with Gasteiger partial charge >= 0.3 is 6.09 Å². The van der Waals surface area contributed by atoms with Crippen LogP contribution in [-0.2, 0) is 30.3 Å². The second-order valence-corrected chi connectivity index (χ2v) is 9.21. The fraction of sp³-hybridized carbons (Fsp3) is 0.517. The molecule has 9 nitrogen and oxygen atoms in total. The van der Waals surface area contributed by atoms with Crippen LogP contribution in [0.1, 0.15) is 49.8 Å². The van der Waals surface area contributed by atoms with Crippen molar-refractivity contribution in [2.24, 2.45) is 0 Å². The van der Waals surface area contributed by atoms with Crippen LogP contribution in [0.25, 0.3) is 0 Å². The summed E-state index contributed by atoms with van der Waals surface area (Å²) in [5, 5.41) is 22.8. The topological polar surface area (TPSA) is 119 Å². The first kappa shape index (κ1) is 29.6. The summed E-state index contributed by atoms with van der Waals surface area (Å²) >= 11 is 0. The van der Waals surface area contributed by atoms with E-state index in [1.165, 1.54) is 6.07 Å². The summed E-state index contributed by atoms with van der Waals surface area (Å²) in [4.78, 5) is 12.4. The molecule has 1 saturated heterocycles. The van der Waals surface area contributed by atoms with Crippen molar-refractivity contribution in [2.75, 3.05) is 25.1 Å². The number of nitrogens with one attached hydrogen (secondary N) is 1. The van der Waals surface area contributed by atoms with E-state index in [1.54, 1.807) is 18.2 Å². The lowest BCUT2D eigenvalue weighted by Gasteiger charge is -2.44. The first-order valence-electron chi connectivity index (χ1n) is 13.1. The molecular weight excluding hydrogens is 488 g/mol. The summed E-state index contributed by atoms with van der Waals surface area (Å²) in [6.07, 6.45) is -2.47. The molecule has 1 aliphatic rings. The van der Waals surface area contributed by atoms with Gasteiger partial charge in [0.25, 0.3) is 0 Å². The van der Waals surface area contributed by atoms with Gasteiger partial charge < -0.3 is 28.8 Å². The van der Waals surface area contributed by atoms with Gasteiger partial charge in [0.05, 0.1) is 18.2 Å². The van der Waals surface area contributed by atoms with Gasteiger partial charge in [-0.1, -0.05) is 50.6 Å². The van der Waals surface area contributed by atoms with Crippen LogP contribution in [-0.4, -0.2) is 61.7 Å². The number of rotatable bonds is 13. The van der Waals surface area contributed by atoms with Crippen molar-refractivity contribution < 1.29 is 33.6 Å². The predicted molar refractivity (Wildman–Crippen MR) is 141 cm³/mol. The van der Waals surface area contributed by atoms with E-state index in [0.29, 0.717) is 31.1 Å². The van der Waals surface area contributed by atoms with Gasteiger partial charge in [-0.05, 0) is 49.1 Å². The maximum atomic E-state index is 12.4. The summed E-state index contributed by atoms with van der Waals surface area (Å²) in [5.41, 5.74) is 2.95. The number of aliphatic hydroxyl groups is 1. The van der Waals surface area contributed by atoms with Gasteiger partial charge in [-0.2, -0.15) is 5.26 Å². The highest BCUT2D eigenvalue weighted by molar-refractivity contribution is 5.84. The second-order valence-electron chi connectivity index (χ2n) is 9.21. The Balaban J connectivity index is 1.70. The molecule has 1 fully saturated rings. The summed E-state index contributed by atoms with van der Waals surface area (Å²) in [5.74, 6) is 0. The van der Waals surface area contributed by atoms with Crippen molar-refractivity contribution in [3.8, 4) is 6.07 Å². The van der Waals surface area contributed by atoms with E-state index >= 15 is 0 Å². The molecule has 5 atom stereocenters. The van der Waals surface area contributed by atoms with E-state index in [9.17, 15) is 9.90 Å². The molecule has 9 heteroatoms. The zero-order valence-electron chi connectivity index (χ0n) is 22.3. The molecule has 1 amide bonds. The second kappa shape index (κ2) is 15.4. The Labute approximate surface area is 224 Å². The van der Waals surface area contributed by atoms with Gasteiger partial charge in [0.15, 0.2) is 6.29 Å². The van der Waals surface area contributed by atoms with Crippen molar-refractivity contribution in [3.05, 3.63) is 65.2 Å². The zero-order valence-corrected chi connectivity index (χ0v) is 22.3. The van der Waals surface area contributed by atoms with Crippen LogP contribution in [0.4, 0.5) is 10.5 Å². The van der Waals surface area contributed by atoms with Crippen molar-refractivity contribution in [2.45, 2.75) is 77.3 Å². The highest BCUT2D eigenvalue weighted by Gasteiger charge is 2.48. The number of benzene rings is 2. The molecule has 1 aliphatic heterocycles. The summed E-state index contributed by atoms with van der Waals surface area (Å²) in [6.45, 7) is 7.00. The van der Waals surface area contributed by atoms with Gasteiger partial charge in [0.1, 0.15) is 31.0 Å². The zero-order chi connectivity index (χ0) is 27.3. The Hall–Kier alpha value is -3.00. The van der Waals surface area contributed by atoms with Crippen LogP contribution < -0.4 is 5.32 Å². The molecule has 2 aromatic rings. The summed E-state index contributed by atoms with van der Waals surface area (Å²) in [7, 11) is 0. The van der Waals surface area contributed by atoms with Gasteiger partial charge in [0, 0.05) is 18.9 Å². The number of hydrogen-bond donors (Lipinski definition) is 2. The number of nitriles is 1. The van der Waals surface area contributed by atoms with Crippen LogP contribution >= 0.6 is 0 Å². The molecule has 0 bridgehead atoms. The molecule has 38 heavy (non-hydrogen) atoms. The van der Waals surface area contributed by atoms with Crippen LogP contribution in [0.3, 0.4) is 0 Å². The fourth-order valence-electron chi connectivity index (χ4n) is 4.06. The smallest absolute Gasteiger partial charge is 0.411 e. The third kappa shape index (κ3) is 8.51. The number of aryl methyl sites for hydroxylation is 1. The normalized spacial score (nSPS) is 23.0. The summed E-state index contributed by atoms with van der Waals surface area (Å²) in [6, 6.07) is 16.4. The minimum absolute atomic E-state index is 0.227. The van der Waals surface area contributed by atoms with Crippen molar-refractivity contribution in [1.29, 1.82) is 5.26 Å². The highest BCUT2D eigenvalue weighted by atomic mass is 16.7. The predicted octanol–water partition coefficient (Wildman–Crippen LogP) is 4.70. The van der Waals surface area contributed by atoms with E-state index in [2.05, 4.69) is 12.2 Å². The number of nitrogens with zero attached hydrogens (tertiary/aromatic N) is 1. The number of unbranched alkanes of at least 4 members (excludes halogenated alkanes) is 1. The van der Waals surface area contributed by atoms with Crippen LogP contribution in [0.2, 0.25) is 0 Å². The van der Waals surface area contributed by atoms with E-state index in [-0.39, 0.29) is 6.61 Å². The highest BCUT2D eigenvalue weighted by Crippen LogP contribution is 2.29. The molecule has 1 heterocycles. The quantitative estimate of drug-likeness (QED) is 0.361. The first-order chi connectivity index (χ1) is 18.5. The lowest BCUT2D eigenvalue weighted by atomic mass is 9.98. The lowest BCUT2D eigenvalue weighted by Crippen LogP contribution is -2.61. The number of hydrogen-bond acceptors (Lipinski definition) is 8. The Bertz CT molecular complexity index is 1060. The Morgan fingerprint density at radius 1 is 1.05 bits per heavy atom. The Kier molecular flexibility index (Phi) is 12.0. The minimum atomic E-state index is -1.12. The molecule has 3 rings (SSSR count). The van der Waals surface area contributed by atoms with Crippen molar-refractivity contribution >= 4 is 11.8 Å². The molecular formula is C29H38N2O7.